The van der Waals surface area contributed by atoms with Crippen LogP contribution < -0.4 is 0 Å². The second kappa shape index (κ2) is 7.57. The number of thioether (sulfide) groups is 1. The van der Waals surface area contributed by atoms with Gasteiger partial charge in [0, 0.05) is 35.8 Å². The summed E-state index contributed by atoms with van der Waals surface area (Å²) in [5.41, 5.74) is 1.82. The first kappa shape index (κ1) is 17.3. The highest BCUT2D eigenvalue weighted by Gasteiger charge is 2.16. The predicted octanol–water partition coefficient (Wildman–Crippen LogP) is 4.49. The standard InChI is InChI=1S/C18H16F2N4S/c1-12(2)10-24-17(13-6-8-21-9-7-13)22-23-18(24)25-11-14-15(19)4-3-5-16(14)20/h3-9H,1,10-11H2,2H3. The van der Waals surface area contributed by atoms with Gasteiger partial charge in [0.1, 0.15) is 11.6 Å². The van der Waals surface area contributed by atoms with Gasteiger partial charge in [-0.05, 0) is 31.2 Å². The van der Waals surface area contributed by atoms with Crippen molar-refractivity contribution in [1.29, 1.82) is 0 Å². The summed E-state index contributed by atoms with van der Waals surface area (Å²) in [6.07, 6.45) is 3.35. The van der Waals surface area contributed by atoms with Gasteiger partial charge >= 0.3 is 0 Å². The normalized spacial score (nSPS) is 10.8. The summed E-state index contributed by atoms with van der Waals surface area (Å²) >= 11 is 1.24. The highest BCUT2D eigenvalue weighted by Crippen LogP contribution is 2.28. The van der Waals surface area contributed by atoms with Gasteiger partial charge < -0.3 is 0 Å². The van der Waals surface area contributed by atoms with E-state index < -0.39 is 11.6 Å². The Bertz CT molecular complexity index is 873. The fraction of sp³-hybridized carbons (Fsp3) is 0.167. The number of pyridine rings is 1. The summed E-state index contributed by atoms with van der Waals surface area (Å²) in [7, 11) is 0. The molecule has 0 spiro atoms. The van der Waals surface area contributed by atoms with E-state index in [9.17, 15) is 8.78 Å². The Morgan fingerprint density at radius 1 is 1.12 bits per heavy atom. The van der Waals surface area contributed by atoms with Gasteiger partial charge in [0.2, 0.25) is 0 Å². The molecule has 0 N–H and O–H groups in total. The first-order chi connectivity index (χ1) is 12.1. The van der Waals surface area contributed by atoms with Crippen LogP contribution in [-0.4, -0.2) is 19.7 Å². The molecule has 0 atom stereocenters. The summed E-state index contributed by atoms with van der Waals surface area (Å²) in [4.78, 5) is 4.00. The molecule has 2 heterocycles. The molecule has 2 aromatic heterocycles. The van der Waals surface area contributed by atoms with E-state index in [0.717, 1.165) is 11.1 Å². The van der Waals surface area contributed by atoms with Gasteiger partial charge in [-0.25, -0.2) is 8.78 Å². The van der Waals surface area contributed by atoms with E-state index in [1.54, 1.807) is 12.4 Å². The number of rotatable bonds is 6. The Morgan fingerprint density at radius 3 is 2.44 bits per heavy atom. The Kier molecular flexibility index (Phi) is 5.23. The number of benzene rings is 1. The molecule has 4 nitrogen and oxygen atoms in total. The van der Waals surface area contributed by atoms with Gasteiger partial charge in [-0.15, -0.1) is 10.2 Å². The van der Waals surface area contributed by atoms with Crippen molar-refractivity contribution in [2.75, 3.05) is 0 Å². The van der Waals surface area contributed by atoms with E-state index in [0.29, 0.717) is 17.5 Å². The van der Waals surface area contributed by atoms with Crippen molar-refractivity contribution in [2.45, 2.75) is 24.4 Å². The van der Waals surface area contributed by atoms with E-state index >= 15 is 0 Å². The molecule has 0 fully saturated rings. The highest BCUT2D eigenvalue weighted by molar-refractivity contribution is 7.98. The van der Waals surface area contributed by atoms with Crippen molar-refractivity contribution < 1.29 is 8.78 Å². The first-order valence-electron chi connectivity index (χ1n) is 7.60. The molecule has 0 bridgehead atoms. The molecule has 0 aliphatic carbocycles. The molecule has 0 radical (unpaired) electrons. The number of halogens is 2. The summed E-state index contributed by atoms with van der Waals surface area (Å²) in [5.74, 6) is -0.328. The molecule has 3 aromatic rings. The van der Waals surface area contributed by atoms with Crippen LogP contribution in [0.4, 0.5) is 8.78 Å². The second-order valence-electron chi connectivity index (χ2n) is 5.57. The lowest BCUT2D eigenvalue weighted by molar-refractivity contribution is 0.566. The van der Waals surface area contributed by atoms with Crippen LogP contribution in [-0.2, 0) is 12.3 Å². The zero-order chi connectivity index (χ0) is 17.8. The predicted molar refractivity (Wildman–Crippen MR) is 94.0 cm³/mol. The Hall–Kier alpha value is -2.54. The van der Waals surface area contributed by atoms with Gasteiger partial charge in [0.25, 0.3) is 0 Å². The average molecular weight is 358 g/mol. The lowest BCUT2D eigenvalue weighted by Crippen LogP contribution is -2.04. The molecule has 0 saturated heterocycles. The lowest BCUT2D eigenvalue weighted by Gasteiger charge is -2.10. The van der Waals surface area contributed by atoms with Crippen LogP contribution in [0.15, 0.2) is 60.0 Å². The highest BCUT2D eigenvalue weighted by atomic mass is 32.2. The summed E-state index contributed by atoms with van der Waals surface area (Å²) in [5, 5.41) is 9.00. The van der Waals surface area contributed by atoms with Crippen LogP contribution >= 0.6 is 11.8 Å². The zero-order valence-corrected chi connectivity index (χ0v) is 14.4. The third-order valence-electron chi connectivity index (χ3n) is 3.49. The van der Waals surface area contributed by atoms with E-state index in [1.807, 2.05) is 23.6 Å². The minimum Gasteiger partial charge on any atom is -0.298 e. The van der Waals surface area contributed by atoms with Crippen molar-refractivity contribution in [3.05, 3.63) is 72.1 Å². The largest absolute Gasteiger partial charge is 0.298 e. The molecular formula is C18H16F2N4S. The van der Waals surface area contributed by atoms with Crippen LogP contribution in [0, 0.1) is 11.6 Å². The number of aromatic nitrogens is 4. The fourth-order valence-electron chi connectivity index (χ4n) is 2.33. The topological polar surface area (TPSA) is 43.6 Å². The summed E-state index contributed by atoms with van der Waals surface area (Å²) < 4.78 is 29.5. The smallest absolute Gasteiger partial charge is 0.192 e. The zero-order valence-electron chi connectivity index (χ0n) is 13.6. The van der Waals surface area contributed by atoms with Gasteiger partial charge in [0.15, 0.2) is 11.0 Å². The number of hydrogen-bond donors (Lipinski definition) is 0. The molecule has 25 heavy (non-hydrogen) atoms. The minimum absolute atomic E-state index is 0.0304. The molecule has 0 aliphatic heterocycles. The van der Waals surface area contributed by atoms with E-state index in [-0.39, 0.29) is 11.3 Å². The van der Waals surface area contributed by atoms with Crippen molar-refractivity contribution in [3.8, 4) is 11.4 Å². The second-order valence-corrected chi connectivity index (χ2v) is 6.52. The molecule has 1 aromatic carbocycles. The minimum atomic E-state index is -0.562. The fourth-order valence-corrected chi connectivity index (χ4v) is 3.28. The van der Waals surface area contributed by atoms with Crippen LogP contribution in [0.25, 0.3) is 11.4 Å². The van der Waals surface area contributed by atoms with E-state index in [4.69, 9.17) is 0 Å². The van der Waals surface area contributed by atoms with Crippen molar-refractivity contribution >= 4 is 11.8 Å². The third-order valence-corrected chi connectivity index (χ3v) is 4.48. The number of nitrogens with zero attached hydrogens (tertiary/aromatic N) is 4. The van der Waals surface area contributed by atoms with Crippen LogP contribution in [0.2, 0.25) is 0 Å². The maximum Gasteiger partial charge on any atom is 0.192 e. The van der Waals surface area contributed by atoms with Crippen molar-refractivity contribution in [2.24, 2.45) is 0 Å². The molecule has 0 saturated carbocycles. The van der Waals surface area contributed by atoms with Crippen molar-refractivity contribution in [1.82, 2.24) is 19.7 Å². The summed E-state index contributed by atoms with van der Waals surface area (Å²) in [6.45, 7) is 6.36. The SMILES string of the molecule is C=C(C)Cn1c(SCc2c(F)cccc2F)nnc1-c1ccncc1. The maximum absolute atomic E-state index is 13.8. The van der Waals surface area contributed by atoms with Gasteiger partial charge in [0.05, 0.1) is 0 Å². The van der Waals surface area contributed by atoms with E-state index in [2.05, 4.69) is 21.8 Å². The molecule has 0 amide bonds. The number of allylic oxidation sites excluding steroid dienone is 1. The Labute approximate surface area is 148 Å². The average Bonchev–Trinajstić information content (AvgIpc) is 2.97. The molecular weight excluding hydrogens is 342 g/mol. The summed E-state index contributed by atoms with van der Waals surface area (Å²) in [6, 6.07) is 7.53. The first-order valence-corrected chi connectivity index (χ1v) is 8.58. The van der Waals surface area contributed by atoms with Crippen LogP contribution in [0.3, 0.4) is 0 Å². The maximum atomic E-state index is 13.8. The quantitative estimate of drug-likeness (QED) is 0.481. The van der Waals surface area contributed by atoms with Crippen molar-refractivity contribution in [3.63, 3.8) is 0 Å². The lowest BCUT2D eigenvalue weighted by atomic mass is 10.2. The molecule has 0 unspecified atom stereocenters. The Morgan fingerprint density at radius 2 is 1.80 bits per heavy atom. The third kappa shape index (κ3) is 3.93. The van der Waals surface area contributed by atoms with Crippen LogP contribution in [0.1, 0.15) is 12.5 Å². The molecule has 0 aliphatic rings. The van der Waals surface area contributed by atoms with Crippen LogP contribution in [0.5, 0.6) is 0 Å². The molecule has 7 heteroatoms. The van der Waals surface area contributed by atoms with Gasteiger partial charge in [-0.1, -0.05) is 30.0 Å². The number of hydrogen-bond acceptors (Lipinski definition) is 4. The Balaban J connectivity index is 1.91. The van der Waals surface area contributed by atoms with Gasteiger partial charge in [-0.2, -0.15) is 0 Å². The van der Waals surface area contributed by atoms with E-state index in [1.165, 1.54) is 30.0 Å². The van der Waals surface area contributed by atoms with Gasteiger partial charge in [-0.3, -0.25) is 9.55 Å². The monoisotopic (exact) mass is 358 g/mol. The molecule has 3 rings (SSSR count). The molecule has 128 valence electrons.